The van der Waals surface area contributed by atoms with Crippen molar-refractivity contribution in [3.8, 4) is 0 Å². The van der Waals surface area contributed by atoms with Crippen molar-refractivity contribution in [2.45, 2.75) is 78.5 Å². The van der Waals surface area contributed by atoms with E-state index in [0.29, 0.717) is 63.1 Å². The van der Waals surface area contributed by atoms with Crippen LogP contribution in [-0.4, -0.2) is 104 Å². The van der Waals surface area contributed by atoms with Gasteiger partial charge in [0.05, 0.1) is 19.3 Å². The maximum atomic E-state index is 14.6. The van der Waals surface area contributed by atoms with E-state index in [4.69, 9.17) is 4.74 Å². The highest BCUT2D eigenvalue weighted by Gasteiger charge is 2.36. The van der Waals surface area contributed by atoms with E-state index in [1.807, 2.05) is 31.0 Å². The number of nitrogens with one attached hydrogen (secondary N) is 1. The summed E-state index contributed by atoms with van der Waals surface area (Å²) in [6.07, 6.45) is 2.48. The number of hydrogen-bond donors (Lipinski definition) is 1. The fourth-order valence-electron chi connectivity index (χ4n) is 6.13. The van der Waals surface area contributed by atoms with Crippen LogP contribution >= 0.6 is 0 Å². The minimum Gasteiger partial charge on any atom is -0.372 e. The molecule has 0 radical (unpaired) electrons. The van der Waals surface area contributed by atoms with Gasteiger partial charge in [-0.05, 0) is 57.8 Å². The Morgan fingerprint density at radius 2 is 1.95 bits per heavy atom. The van der Waals surface area contributed by atoms with E-state index in [-0.39, 0.29) is 23.7 Å². The second kappa shape index (κ2) is 15.1. The van der Waals surface area contributed by atoms with Crippen LogP contribution in [0.2, 0.25) is 0 Å². The lowest BCUT2D eigenvalue weighted by Gasteiger charge is -2.49. The van der Waals surface area contributed by atoms with E-state index < -0.39 is 6.43 Å². The van der Waals surface area contributed by atoms with Crippen LogP contribution in [-0.2, 0) is 16.0 Å². The molecule has 0 saturated carbocycles. The molecule has 3 aliphatic rings. The summed E-state index contributed by atoms with van der Waals surface area (Å²) in [5.41, 5.74) is 6.60. The number of alkyl halides is 2. The highest BCUT2D eigenvalue weighted by molar-refractivity contribution is 5.87. The van der Waals surface area contributed by atoms with Gasteiger partial charge in [0.25, 0.3) is 6.43 Å². The van der Waals surface area contributed by atoms with E-state index in [1.165, 1.54) is 6.08 Å². The van der Waals surface area contributed by atoms with Crippen molar-refractivity contribution in [2.75, 3.05) is 68.8 Å². The fourth-order valence-corrected chi connectivity index (χ4v) is 6.13. The number of halogens is 2. The van der Waals surface area contributed by atoms with Crippen molar-refractivity contribution in [1.29, 1.82) is 0 Å². The van der Waals surface area contributed by atoms with Gasteiger partial charge >= 0.3 is 0 Å². The number of hydrogen-bond acceptors (Lipinski definition) is 8. The van der Waals surface area contributed by atoms with Crippen LogP contribution in [0.4, 0.5) is 20.3 Å². The van der Waals surface area contributed by atoms with Crippen molar-refractivity contribution in [3.05, 3.63) is 41.1 Å². The number of pyridine rings is 1. The lowest BCUT2D eigenvalue weighted by atomic mass is 9.99. The third-order valence-corrected chi connectivity index (χ3v) is 8.88. The zero-order valence-electron chi connectivity index (χ0n) is 26.5. The number of nitrogens with zero attached hydrogens (tertiary/aromatic N) is 6. The lowest BCUT2D eigenvalue weighted by Crippen LogP contribution is -2.63. The molecule has 1 amide bonds. The molecule has 1 unspecified atom stereocenters. The number of carbonyl (C=O) groups is 1. The van der Waals surface area contributed by atoms with Gasteiger partial charge in [0.2, 0.25) is 5.91 Å². The molecule has 9 nitrogen and oxygen atoms in total. The Balaban J connectivity index is 1.55. The average Bonchev–Trinajstić information content (AvgIpc) is 3.04. The van der Waals surface area contributed by atoms with Crippen molar-refractivity contribution in [2.24, 2.45) is 5.10 Å². The first-order valence-electron chi connectivity index (χ1n) is 15.7. The molecule has 0 spiro atoms. The Hall–Kier alpha value is -3.05. The number of anilines is 2. The summed E-state index contributed by atoms with van der Waals surface area (Å²) in [5.74, 6) is 0.561. The van der Waals surface area contributed by atoms with Crippen LogP contribution in [0.1, 0.15) is 65.1 Å². The van der Waals surface area contributed by atoms with E-state index in [0.717, 1.165) is 49.4 Å². The number of hydrazone groups is 1. The molecule has 4 rings (SSSR count). The SMILES string of the molecule is C=CC(=O)N1CCN(C2CN(c3cc(N(CCC4OCCN/N=C\C(C)=C\4C)C(C)C)nc(C(F)F)c3CCC)C2)CC1. The zero-order chi connectivity index (χ0) is 31.1. The first-order valence-corrected chi connectivity index (χ1v) is 15.7. The van der Waals surface area contributed by atoms with Gasteiger partial charge in [-0.15, -0.1) is 0 Å². The Kier molecular flexibility index (Phi) is 11.5. The Morgan fingerprint density at radius 3 is 2.58 bits per heavy atom. The number of piperazine rings is 1. The number of ether oxygens (including phenoxy) is 1. The van der Waals surface area contributed by atoms with E-state index >= 15 is 0 Å². The fraction of sp³-hybridized carbons (Fsp3) is 0.656. The third kappa shape index (κ3) is 7.92. The summed E-state index contributed by atoms with van der Waals surface area (Å²) in [7, 11) is 0. The summed E-state index contributed by atoms with van der Waals surface area (Å²) in [5, 5.41) is 4.23. The molecule has 11 heteroatoms. The van der Waals surface area contributed by atoms with Crippen molar-refractivity contribution in [3.63, 3.8) is 0 Å². The van der Waals surface area contributed by atoms with Crippen LogP contribution < -0.4 is 15.2 Å². The van der Waals surface area contributed by atoms with Gasteiger partial charge in [0.15, 0.2) is 0 Å². The molecular formula is C32H49F2N7O2. The van der Waals surface area contributed by atoms with E-state index in [9.17, 15) is 13.6 Å². The second-order valence-corrected chi connectivity index (χ2v) is 12.0. The molecule has 1 N–H and O–H groups in total. The van der Waals surface area contributed by atoms with Crippen LogP contribution in [0.3, 0.4) is 0 Å². The van der Waals surface area contributed by atoms with Gasteiger partial charge in [-0.3, -0.25) is 9.69 Å². The molecule has 0 aromatic carbocycles. The van der Waals surface area contributed by atoms with Crippen LogP contribution in [0.15, 0.2) is 35.0 Å². The van der Waals surface area contributed by atoms with Crippen molar-refractivity contribution < 1.29 is 18.3 Å². The van der Waals surface area contributed by atoms with Gasteiger partial charge in [-0.2, -0.15) is 5.10 Å². The summed E-state index contributed by atoms with van der Waals surface area (Å²) in [6, 6.07) is 2.42. The quantitative estimate of drug-likeness (QED) is 0.377. The molecule has 0 bridgehead atoms. The molecule has 2 fully saturated rings. The van der Waals surface area contributed by atoms with Gasteiger partial charge in [0.1, 0.15) is 11.5 Å². The number of amides is 1. The zero-order valence-corrected chi connectivity index (χ0v) is 26.5. The average molecular weight is 602 g/mol. The number of carbonyl (C=O) groups excluding carboxylic acids is 1. The van der Waals surface area contributed by atoms with Gasteiger partial charge in [-0.25, -0.2) is 13.8 Å². The lowest BCUT2D eigenvalue weighted by molar-refractivity contribution is -0.128. The summed E-state index contributed by atoms with van der Waals surface area (Å²) < 4.78 is 35.3. The highest BCUT2D eigenvalue weighted by atomic mass is 19.3. The van der Waals surface area contributed by atoms with Crippen LogP contribution in [0.25, 0.3) is 0 Å². The van der Waals surface area contributed by atoms with Crippen LogP contribution in [0.5, 0.6) is 0 Å². The normalized spacial score (nSPS) is 23.0. The van der Waals surface area contributed by atoms with Crippen LogP contribution in [0, 0.1) is 0 Å². The Bertz CT molecular complexity index is 1170. The summed E-state index contributed by atoms with van der Waals surface area (Å²) in [6.45, 7) is 20.2. The van der Waals surface area contributed by atoms with E-state index in [2.05, 4.69) is 57.6 Å². The maximum Gasteiger partial charge on any atom is 0.280 e. The van der Waals surface area contributed by atoms with Crippen molar-refractivity contribution in [1.82, 2.24) is 20.2 Å². The first kappa shape index (κ1) is 32.9. The molecule has 1 aromatic heterocycles. The molecule has 2 saturated heterocycles. The molecular weight excluding hydrogens is 552 g/mol. The van der Waals surface area contributed by atoms with Gasteiger partial charge in [0, 0.05) is 81.4 Å². The predicted molar refractivity (Wildman–Crippen MR) is 169 cm³/mol. The van der Waals surface area contributed by atoms with Crippen molar-refractivity contribution >= 4 is 23.6 Å². The first-order chi connectivity index (χ1) is 20.6. The van der Waals surface area contributed by atoms with E-state index in [1.54, 1.807) is 0 Å². The molecule has 43 heavy (non-hydrogen) atoms. The van der Waals surface area contributed by atoms with Gasteiger partial charge < -0.3 is 24.9 Å². The molecule has 0 aliphatic carbocycles. The van der Waals surface area contributed by atoms with Gasteiger partial charge in [-0.1, -0.05) is 19.9 Å². The highest BCUT2D eigenvalue weighted by Crippen LogP contribution is 2.37. The predicted octanol–water partition coefficient (Wildman–Crippen LogP) is 4.41. The maximum absolute atomic E-state index is 14.6. The number of allylic oxidation sites excluding steroid dienone is 1. The third-order valence-electron chi connectivity index (χ3n) is 8.88. The molecule has 1 aromatic rings. The molecule has 4 heterocycles. The number of rotatable bonds is 11. The largest absolute Gasteiger partial charge is 0.372 e. The molecule has 1 atom stereocenters. The second-order valence-electron chi connectivity index (χ2n) is 12.0. The molecule has 3 aliphatic heterocycles. The Labute approximate surface area is 255 Å². The smallest absolute Gasteiger partial charge is 0.280 e. The topological polar surface area (TPSA) is 76.5 Å². The summed E-state index contributed by atoms with van der Waals surface area (Å²) in [4.78, 5) is 25.2. The molecule has 238 valence electrons. The summed E-state index contributed by atoms with van der Waals surface area (Å²) >= 11 is 0. The standard InChI is InChI=1S/C32H49F2N7O2/c1-7-9-26-27(40-20-25(21-40)38-13-15-39(16-14-38)30(42)8-2)18-29(37-31(26)32(33)34)41(22(3)4)12-10-28-24(6)23(5)19-36-35-11-17-43-28/h8,18-19,22,25,28,32,35H,2,7,9-17,20-21H2,1,3-6H3/b24-23+,36-19-. The monoisotopic (exact) mass is 601 g/mol. The Morgan fingerprint density at radius 1 is 1.23 bits per heavy atom. The minimum absolute atomic E-state index is 0.0265. The minimum atomic E-state index is -2.65. The number of aromatic nitrogens is 1.